The van der Waals surface area contributed by atoms with Gasteiger partial charge in [0.25, 0.3) is 0 Å². The minimum Gasteiger partial charge on any atom is -0.543 e. The number of phenols is 1. The molecule has 0 amide bonds. The van der Waals surface area contributed by atoms with Crippen molar-refractivity contribution < 1.29 is 14.6 Å². The van der Waals surface area contributed by atoms with Crippen molar-refractivity contribution in [3.63, 3.8) is 0 Å². The SMILES string of the molecule is CC(C)(C)[Si](C)(C)Oc1ccccc1C(CO)C(SCc1ccccc1)c1ccccc1O. The summed E-state index contributed by atoms with van der Waals surface area (Å²) in [6, 6.07) is 25.8. The number of aromatic hydroxyl groups is 1. The van der Waals surface area contributed by atoms with E-state index < -0.39 is 8.32 Å². The molecule has 3 aromatic rings. The average molecular weight is 481 g/mol. The minimum absolute atomic E-state index is 0.0430. The zero-order valence-electron chi connectivity index (χ0n) is 20.3. The van der Waals surface area contributed by atoms with Gasteiger partial charge in [-0.15, -0.1) is 11.8 Å². The maximum Gasteiger partial charge on any atom is 0.250 e. The van der Waals surface area contributed by atoms with Gasteiger partial charge < -0.3 is 14.6 Å². The van der Waals surface area contributed by atoms with Gasteiger partial charge >= 0.3 is 0 Å². The molecule has 0 fully saturated rings. The Morgan fingerprint density at radius 3 is 2.03 bits per heavy atom. The van der Waals surface area contributed by atoms with E-state index in [0.29, 0.717) is 0 Å². The van der Waals surface area contributed by atoms with E-state index in [-0.39, 0.29) is 28.6 Å². The number of aliphatic hydroxyl groups excluding tert-OH is 1. The molecule has 0 saturated carbocycles. The fourth-order valence-corrected chi connectivity index (χ4v) is 6.03. The number of rotatable bonds is 9. The zero-order valence-corrected chi connectivity index (χ0v) is 22.1. The summed E-state index contributed by atoms with van der Waals surface area (Å²) < 4.78 is 6.72. The highest BCUT2D eigenvalue weighted by Gasteiger charge is 2.40. The van der Waals surface area contributed by atoms with Crippen LogP contribution in [0.4, 0.5) is 0 Å². The molecule has 0 saturated heterocycles. The van der Waals surface area contributed by atoms with Gasteiger partial charge in [0.2, 0.25) is 8.32 Å². The van der Waals surface area contributed by atoms with Crippen molar-refractivity contribution in [2.45, 2.75) is 55.8 Å². The van der Waals surface area contributed by atoms with Crippen LogP contribution in [-0.2, 0) is 5.75 Å². The zero-order chi connectivity index (χ0) is 24.1. The number of aliphatic hydroxyl groups is 1. The van der Waals surface area contributed by atoms with Crippen LogP contribution in [0.25, 0.3) is 0 Å². The lowest BCUT2D eigenvalue weighted by Gasteiger charge is -2.38. The fourth-order valence-electron chi connectivity index (χ4n) is 3.58. The Kier molecular flexibility index (Phi) is 8.32. The molecule has 33 heavy (non-hydrogen) atoms. The van der Waals surface area contributed by atoms with Gasteiger partial charge in [-0.25, -0.2) is 0 Å². The third-order valence-corrected chi connectivity index (χ3v) is 12.4. The maximum absolute atomic E-state index is 10.7. The summed E-state index contributed by atoms with van der Waals surface area (Å²) in [5, 5.41) is 21.3. The first kappa shape index (κ1) is 25.4. The van der Waals surface area contributed by atoms with E-state index in [2.05, 4.69) is 52.1 Å². The lowest BCUT2D eigenvalue weighted by atomic mass is 9.91. The summed E-state index contributed by atoms with van der Waals surface area (Å²) in [7, 11) is -2.07. The molecule has 0 bridgehead atoms. The molecule has 2 atom stereocenters. The average Bonchev–Trinajstić information content (AvgIpc) is 2.78. The molecule has 3 rings (SSSR count). The highest BCUT2D eigenvalue weighted by atomic mass is 32.2. The number of hydrogen-bond donors (Lipinski definition) is 2. The van der Waals surface area contributed by atoms with Gasteiger partial charge in [0.1, 0.15) is 11.5 Å². The molecule has 0 aliphatic carbocycles. The van der Waals surface area contributed by atoms with E-state index >= 15 is 0 Å². The quantitative estimate of drug-likeness (QED) is 0.311. The highest BCUT2D eigenvalue weighted by Crippen LogP contribution is 2.48. The number of hydrogen-bond acceptors (Lipinski definition) is 4. The van der Waals surface area contributed by atoms with E-state index in [0.717, 1.165) is 22.6 Å². The molecule has 0 radical (unpaired) electrons. The molecule has 3 nitrogen and oxygen atoms in total. The molecule has 0 heterocycles. The Balaban J connectivity index is 2.01. The van der Waals surface area contributed by atoms with E-state index in [1.807, 2.05) is 54.6 Å². The third-order valence-electron chi connectivity index (χ3n) is 6.57. The van der Waals surface area contributed by atoms with Crippen molar-refractivity contribution in [2.75, 3.05) is 6.61 Å². The molecule has 0 aliphatic rings. The van der Waals surface area contributed by atoms with E-state index in [1.165, 1.54) is 5.56 Å². The Bertz CT molecular complexity index is 1030. The molecule has 5 heteroatoms. The van der Waals surface area contributed by atoms with Crippen molar-refractivity contribution in [3.8, 4) is 11.5 Å². The second kappa shape index (κ2) is 10.8. The van der Waals surface area contributed by atoms with Crippen LogP contribution < -0.4 is 4.43 Å². The van der Waals surface area contributed by atoms with Gasteiger partial charge in [0.15, 0.2) is 0 Å². The topological polar surface area (TPSA) is 49.7 Å². The van der Waals surface area contributed by atoms with Crippen molar-refractivity contribution in [2.24, 2.45) is 0 Å². The largest absolute Gasteiger partial charge is 0.543 e. The monoisotopic (exact) mass is 480 g/mol. The standard InChI is InChI=1S/C28H36O3SSi/c1-28(2,3)33(4,5)31-26-18-12-10-15-22(26)24(19-29)27(23-16-9-11-17-25(23)30)32-20-21-13-7-6-8-14-21/h6-18,24,27,29-30H,19-20H2,1-5H3. The Morgan fingerprint density at radius 2 is 1.42 bits per heavy atom. The molecule has 0 aromatic heterocycles. The van der Waals surface area contributed by atoms with Gasteiger partial charge in [0, 0.05) is 22.5 Å². The summed E-state index contributed by atoms with van der Waals surface area (Å²) in [6.45, 7) is 11.1. The van der Waals surface area contributed by atoms with E-state index in [1.54, 1.807) is 17.8 Å². The minimum atomic E-state index is -2.07. The predicted molar refractivity (Wildman–Crippen MR) is 143 cm³/mol. The van der Waals surface area contributed by atoms with Gasteiger partial charge in [-0.3, -0.25) is 0 Å². The van der Waals surface area contributed by atoms with Crippen molar-refractivity contribution in [1.82, 2.24) is 0 Å². The van der Waals surface area contributed by atoms with Crippen LogP contribution in [0, 0.1) is 0 Å². The maximum atomic E-state index is 10.7. The van der Waals surface area contributed by atoms with Crippen molar-refractivity contribution in [3.05, 3.63) is 95.6 Å². The number of thioether (sulfide) groups is 1. The Labute approximate surface area is 204 Å². The molecular weight excluding hydrogens is 444 g/mol. The first-order valence-corrected chi connectivity index (χ1v) is 15.4. The first-order chi connectivity index (χ1) is 15.6. The second-order valence-corrected chi connectivity index (χ2v) is 15.8. The van der Waals surface area contributed by atoms with E-state index in [9.17, 15) is 10.2 Å². The smallest absolute Gasteiger partial charge is 0.250 e. The van der Waals surface area contributed by atoms with Gasteiger partial charge in [-0.2, -0.15) is 0 Å². The van der Waals surface area contributed by atoms with Crippen LogP contribution in [0.15, 0.2) is 78.9 Å². The number of benzene rings is 3. The van der Waals surface area contributed by atoms with Gasteiger partial charge in [0.05, 0.1) is 6.61 Å². The summed E-state index contributed by atoms with van der Waals surface area (Å²) in [6.07, 6.45) is 0. The fraction of sp³-hybridized carbons (Fsp3) is 0.357. The number of para-hydroxylation sites is 2. The van der Waals surface area contributed by atoms with Crippen molar-refractivity contribution >= 4 is 20.1 Å². The van der Waals surface area contributed by atoms with Crippen LogP contribution in [-0.4, -0.2) is 25.1 Å². The van der Waals surface area contributed by atoms with Gasteiger partial charge in [-0.1, -0.05) is 87.5 Å². The highest BCUT2D eigenvalue weighted by molar-refractivity contribution is 7.98. The van der Waals surface area contributed by atoms with Crippen LogP contribution in [0.5, 0.6) is 11.5 Å². The van der Waals surface area contributed by atoms with Gasteiger partial charge in [-0.05, 0) is 41.4 Å². The molecule has 2 N–H and O–H groups in total. The molecule has 2 unspecified atom stereocenters. The normalized spacial score (nSPS) is 14.0. The Morgan fingerprint density at radius 1 is 0.848 bits per heavy atom. The molecular formula is C28H36O3SSi. The first-order valence-electron chi connectivity index (χ1n) is 11.5. The summed E-state index contributed by atoms with van der Waals surface area (Å²) in [4.78, 5) is 0. The third kappa shape index (κ3) is 6.22. The van der Waals surface area contributed by atoms with Crippen LogP contribution in [0.3, 0.4) is 0 Å². The summed E-state index contributed by atoms with van der Waals surface area (Å²) >= 11 is 1.74. The van der Waals surface area contributed by atoms with Crippen LogP contribution in [0.2, 0.25) is 18.1 Å². The Hall–Kier alpha value is -2.21. The lowest BCUT2D eigenvalue weighted by molar-refractivity contribution is 0.260. The predicted octanol–water partition coefficient (Wildman–Crippen LogP) is 7.53. The summed E-state index contributed by atoms with van der Waals surface area (Å²) in [5.41, 5.74) is 3.03. The lowest BCUT2D eigenvalue weighted by Crippen LogP contribution is -2.44. The molecule has 0 aliphatic heterocycles. The molecule has 176 valence electrons. The number of phenolic OH excluding ortho intramolecular Hbond substituents is 1. The van der Waals surface area contributed by atoms with Crippen molar-refractivity contribution in [1.29, 1.82) is 0 Å². The van der Waals surface area contributed by atoms with Crippen LogP contribution >= 0.6 is 11.8 Å². The molecule has 3 aromatic carbocycles. The molecule has 0 spiro atoms. The van der Waals surface area contributed by atoms with E-state index in [4.69, 9.17) is 4.43 Å². The van der Waals surface area contributed by atoms with Crippen LogP contribution in [0.1, 0.15) is 48.6 Å². The summed E-state index contributed by atoms with van der Waals surface area (Å²) in [5.74, 6) is 1.64. The second-order valence-electron chi connectivity index (χ2n) is 9.97.